The molecule has 1 atom stereocenters. The third kappa shape index (κ3) is 3.52. The van der Waals surface area contributed by atoms with E-state index in [4.69, 9.17) is 0 Å². The summed E-state index contributed by atoms with van der Waals surface area (Å²) in [6.45, 7) is 1.50. The molecule has 2 amide bonds. The molecule has 0 radical (unpaired) electrons. The number of nitrogens with zero attached hydrogens (tertiary/aromatic N) is 5. The average Bonchev–Trinajstić information content (AvgIpc) is 3.23. The van der Waals surface area contributed by atoms with Crippen molar-refractivity contribution in [2.24, 2.45) is 0 Å². The number of hydrogen-bond donors (Lipinski definition) is 1. The number of nitrogens with one attached hydrogen (secondary N) is 1. The van der Waals surface area contributed by atoms with Crippen molar-refractivity contribution in [3.05, 3.63) is 72.2 Å². The van der Waals surface area contributed by atoms with Gasteiger partial charge in [0.15, 0.2) is 0 Å². The molecule has 1 aliphatic rings. The lowest BCUT2D eigenvalue weighted by Gasteiger charge is -2.32. The fourth-order valence-corrected chi connectivity index (χ4v) is 3.28. The molecular formula is C20H18N6O2. The van der Waals surface area contributed by atoms with Gasteiger partial charge in [-0.1, -0.05) is 24.3 Å². The maximum Gasteiger partial charge on any atom is 0.226 e. The normalized spacial score (nSPS) is 15.2. The number of carbonyl (C=O) groups is 2. The summed E-state index contributed by atoms with van der Waals surface area (Å²) in [5.41, 5.74) is 3.43. The van der Waals surface area contributed by atoms with Crippen molar-refractivity contribution in [3.63, 3.8) is 0 Å². The lowest BCUT2D eigenvalue weighted by molar-refractivity contribution is -0.129. The number of hydrogen-bond acceptors (Lipinski definition) is 5. The van der Waals surface area contributed by atoms with Crippen molar-refractivity contribution in [2.75, 3.05) is 5.32 Å². The van der Waals surface area contributed by atoms with Crippen molar-refractivity contribution in [1.29, 1.82) is 0 Å². The maximum atomic E-state index is 12.7. The Labute approximate surface area is 161 Å². The van der Waals surface area contributed by atoms with Gasteiger partial charge >= 0.3 is 0 Å². The Morgan fingerprint density at radius 3 is 2.61 bits per heavy atom. The minimum Gasteiger partial charge on any atom is -0.326 e. The lowest BCUT2D eigenvalue weighted by Crippen LogP contribution is -2.33. The monoisotopic (exact) mass is 374 g/mol. The Morgan fingerprint density at radius 2 is 1.89 bits per heavy atom. The summed E-state index contributed by atoms with van der Waals surface area (Å²) in [5, 5.41) is 13.9. The summed E-state index contributed by atoms with van der Waals surface area (Å²) in [5.74, 6) is -0.272. The molecule has 1 N–H and O–H groups in total. The van der Waals surface area contributed by atoms with E-state index in [0.717, 1.165) is 16.8 Å². The number of benzene rings is 2. The van der Waals surface area contributed by atoms with Crippen molar-refractivity contribution in [1.82, 2.24) is 25.1 Å². The minimum atomic E-state index is -0.334. The molecule has 8 heteroatoms. The molecule has 1 aliphatic heterocycles. The molecule has 28 heavy (non-hydrogen) atoms. The van der Waals surface area contributed by atoms with Crippen LogP contribution >= 0.6 is 0 Å². The topological polar surface area (TPSA) is 93.0 Å². The van der Waals surface area contributed by atoms with E-state index in [1.54, 1.807) is 23.2 Å². The van der Waals surface area contributed by atoms with Crippen LogP contribution in [0, 0.1) is 0 Å². The van der Waals surface area contributed by atoms with Crippen molar-refractivity contribution < 1.29 is 9.59 Å². The predicted octanol–water partition coefficient (Wildman–Crippen LogP) is 2.57. The Hall–Kier alpha value is -3.81. The number of tetrazole rings is 1. The van der Waals surface area contributed by atoms with Crippen molar-refractivity contribution in [3.8, 4) is 5.69 Å². The Balaban J connectivity index is 1.49. The molecule has 140 valence electrons. The third-order valence-electron chi connectivity index (χ3n) is 4.61. The van der Waals surface area contributed by atoms with Crippen LogP contribution in [-0.2, 0) is 9.59 Å². The van der Waals surface area contributed by atoms with Gasteiger partial charge in [0.2, 0.25) is 11.8 Å². The van der Waals surface area contributed by atoms with Gasteiger partial charge in [-0.3, -0.25) is 9.59 Å². The van der Waals surface area contributed by atoms with Gasteiger partial charge in [-0.25, -0.2) is 4.68 Å². The number of anilines is 1. The molecule has 0 bridgehead atoms. The largest absolute Gasteiger partial charge is 0.326 e. The Kier molecular flexibility index (Phi) is 4.67. The molecule has 2 heterocycles. The zero-order valence-electron chi connectivity index (χ0n) is 15.2. The Morgan fingerprint density at radius 1 is 1.11 bits per heavy atom. The number of aromatic nitrogens is 4. The number of fused-ring (bicyclic) bond motifs is 1. The van der Waals surface area contributed by atoms with E-state index in [1.165, 1.54) is 17.9 Å². The molecule has 0 saturated carbocycles. The minimum absolute atomic E-state index is 0.102. The summed E-state index contributed by atoms with van der Waals surface area (Å²) in [6, 6.07) is 14.6. The van der Waals surface area contributed by atoms with Gasteiger partial charge in [-0.15, -0.1) is 5.10 Å². The first-order chi connectivity index (χ1) is 13.6. The first-order valence-corrected chi connectivity index (χ1v) is 8.81. The van der Waals surface area contributed by atoms with Gasteiger partial charge in [0, 0.05) is 18.8 Å². The highest BCUT2D eigenvalue weighted by molar-refractivity contribution is 5.92. The van der Waals surface area contributed by atoms with Crippen molar-refractivity contribution >= 4 is 23.6 Å². The smallest absolute Gasteiger partial charge is 0.226 e. The van der Waals surface area contributed by atoms with E-state index >= 15 is 0 Å². The maximum absolute atomic E-state index is 12.7. The molecule has 1 aromatic heterocycles. The highest BCUT2D eigenvalue weighted by Gasteiger charge is 2.28. The van der Waals surface area contributed by atoms with Gasteiger partial charge in [0.25, 0.3) is 0 Å². The average molecular weight is 374 g/mol. The van der Waals surface area contributed by atoms with Crippen LogP contribution in [0.25, 0.3) is 11.8 Å². The van der Waals surface area contributed by atoms with E-state index in [9.17, 15) is 9.59 Å². The highest BCUT2D eigenvalue weighted by atomic mass is 16.2. The fraction of sp³-hybridized carbons (Fsp3) is 0.150. The standard InChI is InChI=1S/C20H18N6O2/c1-14(27)25-11-10-15-4-2-3-5-18(15)19(25)12-20(28)22-16-6-8-17(9-7-16)26-13-21-23-24-26/h2-11,13,19H,12H2,1H3,(H,22,28)/t19-/m1/s1. The molecule has 0 spiro atoms. The molecule has 0 unspecified atom stereocenters. The first kappa shape index (κ1) is 17.6. The van der Waals surface area contributed by atoms with Gasteiger partial charge in [0.1, 0.15) is 6.33 Å². The van der Waals surface area contributed by atoms with Gasteiger partial charge in [-0.2, -0.15) is 0 Å². The van der Waals surface area contributed by atoms with E-state index < -0.39 is 0 Å². The molecule has 4 rings (SSSR count). The zero-order valence-corrected chi connectivity index (χ0v) is 15.2. The molecule has 0 aliphatic carbocycles. The molecule has 8 nitrogen and oxygen atoms in total. The van der Waals surface area contributed by atoms with E-state index in [0.29, 0.717) is 5.69 Å². The lowest BCUT2D eigenvalue weighted by atomic mass is 9.93. The Bertz CT molecular complexity index is 1030. The SMILES string of the molecule is CC(=O)N1C=Cc2ccccc2[C@H]1CC(=O)Nc1ccc(-n2cnnn2)cc1. The number of carbonyl (C=O) groups excluding carboxylic acids is 2. The zero-order chi connectivity index (χ0) is 19.5. The molecule has 0 saturated heterocycles. The molecule has 2 aromatic carbocycles. The van der Waals surface area contributed by atoms with Crippen molar-refractivity contribution in [2.45, 2.75) is 19.4 Å². The predicted molar refractivity (Wildman–Crippen MR) is 103 cm³/mol. The summed E-state index contributed by atoms with van der Waals surface area (Å²) >= 11 is 0. The second-order valence-electron chi connectivity index (χ2n) is 6.44. The van der Waals surface area contributed by atoms with E-state index in [2.05, 4.69) is 20.8 Å². The number of amides is 2. The molecule has 3 aromatic rings. The van der Waals surface area contributed by atoms with Gasteiger partial charge < -0.3 is 10.2 Å². The van der Waals surface area contributed by atoms with Crippen LogP contribution in [-0.4, -0.2) is 36.9 Å². The van der Waals surface area contributed by atoms with Crippen LogP contribution in [0.4, 0.5) is 5.69 Å². The molecule has 0 fully saturated rings. The summed E-state index contributed by atoms with van der Waals surface area (Å²) in [6.07, 6.45) is 5.29. The van der Waals surface area contributed by atoms with Crippen LogP contribution in [0.15, 0.2) is 61.1 Å². The second-order valence-corrected chi connectivity index (χ2v) is 6.44. The summed E-state index contributed by atoms with van der Waals surface area (Å²) in [7, 11) is 0. The van der Waals surface area contributed by atoms with Gasteiger partial charge in [0.05, 0.1) is 18.2 Å². The van der Waals surface area contributed by atoms with Crippen LogP contribution in [0.5, 0.6) is 0 Å². The van der Waals surface area contributed by atoms with Gasteiger partial charge in [-0.05, 0) is 51.9 Å². The van der Waals surface area contributed by atoms with Crippen LogP contribution in [0.2, 0.25) is 0 Å². The van der Waals surface area contributed by atoms with Crippen LogP contribution < -0.4 is 5.32 Å². The quantitative estimate of drug-likeness (QED) is 0.758. The highest BCUT2D eigenvalue weighted by Crippen LogP contribution is 2.33. The third-order valence-corrected chi connectivity index (χ3v) is 4.61. The van der Waals surface area contributed by atoms with Crippen LogP contribution in [0.1, 0.15) is 30.5 Å². The summed E-state index contributed by atoms with van der Waals surface area (Å²) in [4.78, 5) is 26.3. The number of rotatable bonds is 4. The first-order valence-electron chi connectivity index (χ1n) is 8.81. The second kappa shape index (κ2) is 7.43. The molecular weight excluding hydrogens is 356 g/mol. The summed E-state index contributed by atoms with van der Waals surface area (Å²) < 4.78 is 1.53. The van der Waals surface area contributed by atoms with E-state index in [-0.39, 0.29) is 24.3 Å². The fourth-order valence-electron chi connectivity index (χ4n) is 3.28. The van der Waals surface area contributed by atoms with E-state index in [1.807, 2.05) is 42.5 Å². The van der Waals surface area contributed by atoms with Crippen LogP contribution in [0.3, 0.4) is 0 Å².